The average Bonchev–Trinajstić information content (AvgIpc) is 2.37. The lowest BCUT2D eigenvalue weighted by atomic mass is 9.86. The van der Waals surface area contributed by atoms with Crippen LogP contribution in [0.1, 0.15) is 33.3 Å². The lowest BCUT2D eigenvalue weighted by Gasteiger charge is -2.38. The summed E-state index contributed by atoms with van der Waals surface area (Å²) in [7, 11) is -3.46. The molecule has 0 aliphatic heterocycles. The van der Waals surface area contributed by atoms with Crippen LogP contribution in [0.3, 0.4) is 0 Å². The zero-order valence-electron chi connectivity index (χ0n) is 12.8. The molecule has 6 heteroatoms. The molecule has 0 saturated carbocycles. The minimum absolute atomic E-state index is 0.0958. The summed E-state index contributed by atoms with van der Waals surface area (Å²) in [4.78, 5) is 0.143. The van der Waals surface area contributed by atoms with Crippen LogP contribution in [0.25, 0.3) is 0 Å². The molecule has 0 radical (unpaired) electrons. The predicted molar refractivity (Wildman–Crippen MR) is 81.6 cm³/mol. The van der Waals surface area contributed by atoms with Crippen molar-refractivity contribution < 1.29 is 13.5 Å². The molecule has 0 aliphatic rings. The van der Waals surface area contributed by atoms with E-state index in [9.17, 15) is 13.5 Å². The molecule has 116 valence electrons. The van der Waals surface area contributed by atoms with Crippen LogP contribution in [0.15, 0.2) is 29.2 Å². The topological polar surface area (TPSA) is 90.2 Å². The fourth-order valence-corrected chi connectivity index (χ4v) is 2.79. The molecule has 0 aromatic heterocycles. The second-order valence-corrected chi connectivity index (χ2v) is 8.18. The minimum Gasteiger partial charge on any atom is -0.389 e. The Labute approximate surface area is 126 Å². The van der Waals surface area contributed by atoms with E-state index in [4.69, 9.17) is 5.26 Å². The molecule has 1 rings (SSSR count). The average molecular weight is 310 g/mol. The van der Waals surface area contributed by atoms with E-state index < -0.39 is 21.0 Å². The summed E-state index contributed by atoms with van der Waals surface area (Å²) in [5.41, 5.74) is -1.27. The van der Waals surface area contributed by atoms with Crippen LogP contribution in [-0.4, -0.2) is 37.0 Å². The smallest absolute Gasteiger partial charge is 0.179 e. The van der Waals surface area contributed by atoms with Gasteiger partial charge < -0.3 is 10.4 Å². The van der Waals surface area contributed by atoms with Gasteiger partial charge in [0.15, 0.2) is 9.84 Å². The molecule has 0 bridgehead atoms. The molecule has 1 aromatic carbocycles. The summed E-state index contributed by atoms with van der Waals surface area (Å²) < 4.78 is 24.4. The van der Waals surface area contributed by atoms with Gasteiger partial charge in [0.2, 0.25) is 0 Å². The Morgan fingerprint density at radius 2 is 1.90 bits per heavy atom. The first kappa shape index (κ1) is 17.6. The van der Waals surface area contributed by atoms with Gasteiger partial charge in [0.05, 0.1) is 27.9 Å². The van der Waals surface area contributed by atoms with E-state index in [1.54, 1.807) is 26.0 Å². The monoisotopic (exact) mass is 310 g/mol. The molecule has 0 fully saturated rings. The van der Waals surface area contributed by atoms with Crippen LogP contribution in [-0.2, 0) is 9.84 Å². The van der Waals surface area contributed by atoms with Crippen molar-refractivity contribution >= 4 is 9.84 Å². The van der Waals surface area contributed by atoms with Crippen LogP contribution in [0, 0.1) is 11.3 Å². The lowest BCUT2D eigenvalue weighted by Crippen LogP contribution is -2.56. The summed E-state index contributed by atoms with van der Waals surface area (Å²) in [6.07, 6.45) is 0. The minimum atomic E-state index is -3.46. The highest BCUT2D eigenvalue weighted by Crippen LogP contribution is 2.20. The maximum Gasteiger partial charge on any atom is 0.179 e. The van der Waals surface area contributed by atoms with Gasteiger partial charge in [0, 0.05) is 12.1 Å². The molecule has 0 unspecified atom stereocenters. The molecular formula is C15H22N2O3S. The first-order chi connectivity index (χ1) is 9.49. The Morgan fingerprint density at radius 3 is 2.43 bits per heavy atom. The summed E-state index contributed by atoms with van der Waals surface area (Å²) in [6, 6.07) is 7.90. The predicted octanol–water partition coefficient (Wildman–Crippen LogP) is 1.47. The normalized spacial score (nSPS) is 13.0. The third-order valence-corrected chi connectivity index (χ3v) is 5.50. The Hall–Kier alpha value is -1.42. The van der Waals surface area contributed by atoms with Crippen molar-refractivity contribution in [2.75, 3.05) is 12.3 Å². The first-order valence-corrected chi connectivity index (χ1v) is 8.35. The second kappa shape index (κ2) is 6.14. The van der Waals surface area contributed by atoms with Crippen molar-refractivity contribution in [2.24, 2.45) is 0 Å². The van der Waals surface area contributed by atoms with Crippen molar-refractivity contribution in [1.82, 2.24) is 5.32 Å². The SMILES string of the molecule is CC(C)(O)C(C)(C)NCCS(=O)(=O)c1cccc(C#N)c1. The highest BCUT2D eigenvalue weighted by Gasteiger charge is 2.34. The van der Waals surface area contributed by atoms with Gasteiger partial charge in [-0.25, -0.2) is 8.42 Å². The van der Waals surface area contributed by atoms with Crippen LogP contribution >= 0.6 is 0 Å². The number of nitrogens with one attached hydrogen (secondary N) is 1. The van der Waals surface area contributed by atoms with E-state index in [0.29, 0.717) is 5.56 Å². The molecule has 1 aromatic rings. The molecule has 21 heavy (non-hydrogen) atoms. The highest BCUT2D eigenvalue weighted by atomic mass is 32.2. The van der Waals surface area contributed by atoms with E-state index >= 15 is 0 Å². The summed E-state index contributed by atoms with van der Waals surface area (Å²) in [6.45, 7) is 7.19. The van der Waals surface area contributed by atoms with Gasteiger partial charge in [0.25, 0.3) is 0 Å². The Kier molecular flexibility index (Phi) is 5.16. The van der Waals surface area contributed by atoms with E-state index in [0.717, 1.165) is 0 Å². The van der Waals surface area contributed by atoms with Gasteiger partial charge in [-0.1, -0.05) is 6.07 Å². The van der Waals surface area contributed by atoms with Gasteiger partial charge in [-0.2, -0.15) is 5.26 Å². The Bertz CT molecular complexity index is 638. The zero-order chi connectivity index (χ0) is 16.3. The second-order valence-electron chi connectivity index (χ2n) is 6.07. The largest absolute Gasteiger partial charge is 0.389 e. The van der Waals surface area contributed by atoms with Gasteiger partial charge >= 0.3 is 0 Å². The summed E-state index contributed by atoms with van der Waals surface area (Å²) >= 11 is 0. The van der Waals surface area contributed by atoms with Gasteiger partial charge in [-0.05, 0) is 45.9 Å². The molecule has 0 aliphatic carbocycles. The van der Waals surface area contributed by atoms with E-state index in [-0.39, 0.29) is 17.2 Å². The number of hydrogen-bond acceptors (Lipinski definition) is 5. The third kappa shape index (κ3) is 4.53. The number of hydrogen-bond donors (Lipinski definition) is 2. The van der Waals surface area contributed by atoms with Crippen LogP contribution in [0.4, 0.5) is 0 Å². The van der Waals surface area contributed by atoms with Gasteiger partial charge in [-0.3, -0.25) is 0 Å². The molecule has 5 nitrogen and oxygen atoms in total. The van der Waals surface area contributed by atoms with E-state index in [2.05, 4.69) is 5.32 Å². The maximum absolute atomic E-state index is 12.2. The number of rotatable bonds is 6. The van der Waals surface area contributed by atoms with Gasteiger partial charge in [-0.15, -0.1) is 0 Å². The van der Waals surface area contributed by atoms with Gasteiger partial charge in [0.1, 0.15) is 0 Å². The molecule has 0 amide bonds. The quantitative estimate of drug-likeness (QED) is 0.830. The Morgan fingerprint density at radius 1 is 1.29 bits per heavy atom. The lowest BCUT2D eigenvalue weighted by molar-refractivity contribution is -0.00346. The van der Waals surface area contributed by atoms with Crippen LogP contribution in [0.2, 0.25) is 0 Å². The summed E-state index contributed by atoms with van der Waals surface area (Å²) in [5, 5.41) is 21.9. The van der Waals surface area contributed by atoms with E-state index in [1.165, 1.54) is 12.1 Å². The Balaban J connectivity index is 2.77. The highest BCUT2D eigenvalue weighted by molar-refractivity contribution is 7.91. The van der Waals surface area contributed by atoms with Crippen molar-refractivity contribution in [3.63, 3.8) is 0 Å². The molecular weight excluding hydrogens is 288 g/mol. The molecule has 0 saturated heterocycles. The fraction of sp³-hybridized carbons (Fsp3) is 0.533. The van der Waals surface area contributed by atoms with Crippen molar-refractivity contribution in [3.05, 3.63) is 29.8 Å². The molecule has 0 spiro atoms. The zero-order valence-corrected chi connectivity index (χ0v) is 13.7. The van der Waals surface area contributed by atoms with Crippen LogP contribution in [0.5, 0.6) is 0 Å². The number of benzene rings is 1. The standard InChI is InChI=1S/C15H22N2O3S/c1-14(2,15(3,4)18)17-8-9-21(19,20)13-7-5-6-12(10-13)11-16/h5-7,10,17-18H,8-9H2,1-4H3. The van der Waals surface area contributed by atoms with Crippen LogP contribution < -0.4 is 5.32 Å². The molecule has 0 atom stereocenters. The number of sulfone groups is 1. The third-order valence-electron chi connectivity index (χ3n) is 3.79. The molecule has 2 N–H and O–H groups in total. The van der Waals surface area contributed by atoms with E-state index in [1.807, 2.05) is 19.9 Å². The fourth-order valence-electron chi connectivity index (χ4n) is 1.59. The summed E-state index contributed by atoms with van der Waals surface area (Å²) in [5.74, 6) is -0.0958. The van der Waals surface area contributed by atoms with Crippen molar-refractivity contribution in [3.8, 4) is 6.07 Å². The van der Waals surface area contributed by atoms with Crippen molar-refractivity contribution in [1.29, 1.82) is 5.26 Å². The maximum atomic E-state index is 12.2. The number of aliphatic hydroxyl groups is 1. The number of nitriles is 1. The molecule has 0 heterocycles. The first-order valence-electron chi connectivity index (χ1n) is 6.70. The number of nitrogens with zero attached hydrogens (tertiary/aromatic N) is 1. The van der Waals surface area contributed by atoms with Crippen molar-refractivity contribution in [2.45, 2.75) is 43.7 Å².